The highest BCUT2D eigenvalue weighted by Gasteiger charge is 2.15. The van der Waals surface area contributed by atoms with Crippen LogP contribution in [0.5, 0.6) is 0 Å². The second-order valence-corrected chi connectivity index (χ2v) is 8.74. The number of carbonyl (C=O) groups excluding carboxylic acids is 1. The van der Waals surface area contributed by atoms with Gasteiger partial charge in [-0.3, -0.25) is 4.79 Å². The Morgan fingerprint density at radius 1 is 1.04 bits per heavy atom. The zero-order valence-corrected chi connectivity index (χ0v) is 17.0. The number of benzene rings is 2. The summed E-state index contributed by atoms with van der Waals surface area (Å²) in [5.41, 5.74) is 0. The second kappa shape index (κ2) is 10.4. The van der Waals surface area contributed by atoms with Gasteiger partial charge in [0.1, 0.15) is 0 Å². The Labute approximate surface area is 162 Å². The van der Waals surface area contributed by atoms with Gasteiger partial charge in [0.15, 0.2) is 0 Å². The fraction of sp³-hybridized carbons (Fsp3) is 0.476. The van der Waals surface area contributed by atoms with E-state index in [1.54, 1.807) is 18.2 Å². The van der Waals surface area contributed by atoms with E-state index in [-0.39, 0.29) is 29.8 Å². The predicted molar refractivity (Wildman–Crippen MR) is 110 cm³/mol. The SMILES string of the molecule is CCCCCCC(C)NC(=O)CCNS(=O)(=O)c1ccc2ccccc2c1. The third kappa shape index (κ3) is 6.96. The molecule has 0 aromatic heterocycles. The van der Waals surface area contributed by atoms with Crippen molar-refractivity contribution in [1.82, 2.24) is 10.0 Å². The van der Waals surface area contributed by atoms with E-state index < -0.39 is 10.0 Å². The second-order valence-electron chi connectivity index (χ2n) is 6.97. The molecule has 0 aliphatic carbocycles. The first-order chi connectivity index (χ1) is 12.9. The highest BCUT2D eigenvalue weighted by molar-refractivity contribution is 7.89. The van der Waals surface area contributed by atoms with E-state index in [0.29, 0.717) is 0 Å². The molecule has 0 radical (unpaired) electrons. The van der Waals surface area contributed by atoms with E-state index in [4.69, 9.17) is 0 Å². The van der Waals surface area contributed by atoms with E-state index >= 15 is 0 Å². The average Bonchev–Trinajstić information content (AvgIpc) is 2.64. The van der Waals surface area contributed by atoms with Gasteiger partial charge in [-0.1, -0.05) is 62.9 Å². The van der Waals surface area contributed by atoms with Gasteiger partial charge in [0.2, 0.25) is 15.9 Å². The maximum atomic E-state index is 12.4. The minimum Gasteiger partial charge on any atom is -0.354 e. The molecule has 1 amide bonds. The van der Waals surface area contributed by atoms with Crippen LogP contribution < -0.4 is 10.0 Å². The Morgan fingerprint density at radius 3 is 2.52 bits per heavy atom. The lowest BCUT2D eigenvalue weighted by atomic mass is 10.1. The van der Waals surface area contributed by atoms with Crippen molar-refractivity contribution in [3.8, 4) is 0 Å². The number of rotatable bonds is 11. The molecule has 2 aromatic rings. The molecule has 148 valence electrons. The van der Waals surface area contributed by atoms with Crippen LogP contribution in [0.2, 0.25) is 0 Å². The van der Waals surface area contributed by atoms with Gasteiger partial charge < -0.3 is 5.32 Å². The van der Waals surface area contributed by atoms with Crippen molar-refractivity contribution < 1.29 is 13.2 Å². The van der Waals surface area contributed by atoms with Crippen molar-refractivity contribution in [2.24, 2.45) is 0 Å². The molecule has 0 heterocycles. The van der Waals surface area contributed by atoms with Gasteiger partial charge in [0, 0.05) is 19.0 Å². The summed E-state index contributed by atoms with van der Waals surface area (Å²) in [5.74, 6) is -0.126. The molecular formula is C21H30N2O3S. The van der Waals surface area contributed by atoms with Gasteiger partial charge in [-0.2, -0.15) is 0 Å². The molecule has 0 fully saturated rings. The number of hydrogen-bond donors (Lipinski definition) is 2. The van der Waals surface area contributed by atoms with Crippen LogP contribution in [0, 0.1) is 0 Å². The fourth-order valence-electron chi connectivity index (χ4n) is 3.01. The van der Waals surface area contributed by atoms with Gasteiger partial charge in [-0.25, -0.2) is 13.1 Å². The number of nitrogens with one attached hydrogen (secondary N) is 2. The van der Waals surface area contributed by atoms with Gasteiger partial charge in [0.25, 0.3) is 0 Å². The molecule has 2 aromatic carbocycles. The first kappa shape index (κ1) is 21.4. The van der Waals surface area contributed by atoms with E-state index in [1.807, 2.05) is 31.2 Å². The summed E-state index contributed by atoms with van der Waals surface area (Å²) in [6.45, 7) is 4.25. The minimum atomic E-state index is -3.63. The maximum absolute atomic E-state index is 12.4. The molecule has 5 nitrogen and oxygen atoms in total. The van der Waals surface area contributed by atoms with Crippen LogP contribution in [-0.2, 0) is 14.8 Å². The first-order valence-corrected chi connectivity index (χ1v) is 11.2. The van der Waals surface area contributed by atoms with Gasteiger partial charge in [-0.05, 0) is 36.2 Å². The molecule has 6 heteroatoms. The molecule has 1 unspecified atom stereocenters. The summed E-state index contributed by atoms with van der Waals surface area (Å²) < 4.78 is 27.4. The molecule has 0 saturated carbocycles. The van der Waals surface area contributed by atoms with Crippen molar-refractivity contribution in [3.05, 3.63) is 42.5 Å². The minimum absolute atomic E-state index is 0.0869. The molecule has 0 spiro atoms. The Hall–Kier alpha value is -1.92. The number of fused-ring (bicyclic) bond motifs is 1. The Bertz CT molecular complexity index is 849. The van der Waals surface area contributed by atoms with E-state index in [2.05, 4.69) is 17.0 Å². The molecule has 1 atom stereocenters. The van der Waals surface area contributed by atoms with Crippen molar-refractivity contribution in [1.29, 1.82) is 0 Å². The normalized spacial score (nSPS) is 12.8. The average molecular weight is 391 g/mol. The lowest BCUT2D eigenvalue weighted by molar-refractivity contribution is -0.121. The Morgan fingerprint density at radius 2 is 1.78 bits per heavy atom. The monoisotopic (exact) mass is 390 g/mol. The van der Waals surface area contributed by atoms with E-state index in [0.717, 1.165) is 23.6 Å². The topological polar surface area (TPSA) is 75.3 Å². The lowest BCUT2D eigenvalue weighted by Crippen LogP contribution is -2.35. The number of carbonyl (C=O) groups is 1. The van der Waals surface area contributed by atoms with Crippen molar-refractivity contribution in [2.45, 2.75) is 63.3 Å². The van der Waals surface area contributed by atoms with E-state index in [9.17, 15) is 13.2 Å². The highest BCUT2D eigenvalue weighted by Crippen LogP contribution is 2.18. The first-order valence-electron chi connectivity index (χ1n) is 9.70. The fourth-order valence-corrected chi connectivity index (χ4v) is 4.08. The summed E-state index contributed by atoms with van der Waals surface area (Å²) in [4.78, 5) is 12.2. The third-order valence-electron chi connectivity index (χ3n) is 4.57. The summed E-state index contributed by atoms with van der Waals surface area (Å²) in [7, 11) is -3.63. The van der Waals surface area contributed by atoms with Crippen molar-refractivity contribution in [3.63, 3.8) is 0 Å². The molecule has 0 bridgehead atoms. The van der Waals surface area contributed by atoms with Crippen LogP contribution in [-0.4, -0.2) is 26.9 Å². The summed E-state index contributed by atoms with van der Waals surface area (Å²) in [6.07, 6.45) is 5.78. The zero-order valence-electron chi connectivity index (χ0n) is 16.2. The van der Waals surface area contributed by atoms with Gasteiger partial charge >= 0.3 is 0 Å². The predicted octanol–water partition coefficient (Wildman–Crippen LogP) is 3.98. The van der Waals surface area contributed by atoms with Crippen LogP contribution in [0.25, 0.3) is 10.8 Å². The van der Waals surface area contributed by atoms with Gasteiger partial charge in [-0.15, -0.1) is 0 Å². The van der Waals surface area contributed by atoms with Crippen molar-refractivity contribution >= 4 is 26.7 Å². The third-order valence-corrected chi connectivity index (χ3v) is 6.03. The largest absolute Gasteiger partial charge is 0.354 e. The van der Waals surface area contributed by atoms with Crippen LogP contribution in [0.3, 0.4) is 0 Å². The number of sulfonamides is 1. The molecule has 2 rings (SSSR count). The number of hydrogen-bond acceptors (Lipinski definition) is 3. The molecule has 0 saturated heterocycles. The zero-order chi connectivity index (χ0) is 19.7. The van der Waals surface area contributed by atoms with Gasteiger partial charge in [0.05, 0.1) is 4.90 Å². The van der Waals surface area contributed by atoms with Crippen LogP contribution in [0.1, 0.15) is 52.4 Å². The van der Waals surface area contributed by atoms with Crippen molar-refractivity contribution in [2.75, 3.05) is 6.54 Å². The number of amides is 1. The van der Waals surface area contributed by atoms with Crippen LogP contribution in [0.4, 0.5) is 0 Å². The number of unbranched alkanes of at least 4 members (excludes halogenated alkanes) is 3. The lowest BCUT2D eigenvalue weighted by Gasteiger charge is -2.14. The Kier molecular flexibility index (Phi) is 8.25. The quantitative estimate of drug-likeness (QED) is 0.570. The molecular weight excluding hydrogens is 360 g/mol. The standard InChI is InChI=1S/C21H30N2O3S/c1-3-4-5-6-9-17(2)23-21(24)14-15-22-27(25,26)20-13-12-18-10-7-8-11-19(18)16-20/h7-8,10-13,16-17,22H,3-6,9,14-15H2,1-2H3,(H,23,24). The highest BCUT2D eigenvalue weighted by atomic mass is 32.2. The summed E-state index contributed by atoms with van der Waals surface area (Å²) in [5, 5.41) is 4.79. The van der Waals surface area contributed by atoms with Crippen LogP contribution >= 0.6 is 0 Å². The Balaban J connectivity index is 1.79. The molecule has 2 N–H and O–H groups in total. The molecule has 0 aliphatic heterocycles. The van der Waals surface area contributed by atoms with E-state index in [1.165, 1.54) is 19.3 Å². The summed E-state index contributed by atoms with van der Waals surface area (Å²) in [6, 6.07) is 12.7. The smallest absolute Gasteiger partial charge is 0.240 e. The maximum Gasteiger partial charge on any atom is 0.240 e. The summed E-state index contributed by atoms with van der Waals surface area (Å²) >= 11 is 0. The molecule has 27 heavy (non-hydrogen) atoms. The van der Waals surface area contributed by atoms with Crippen LogP contribution in [0.15, 0.2) is 47.4 Å². The molecule has 0 aliphatic rings.